The van der Waals surface area contributed by atoms with E-state index in [2.05, 4.69) is 31.0 Å². The van der Waals surface area contributed by atoms with Crippen LogP contribution in [0.4, 0.5) is 5.69 Å². The molecule has 0 fully saturated rings. The number of methoxy groups -OCH3 is 2. The topological polar surface area (TPSA) is 143 Å². The van der Waals surface area contributed by atoms with Gasteiger partial charge in [0.1, 0.15) is 5.75 Å². The van der Waals surface area contributed by atoms with Gasteiger partial charge in [-0.15, -0.1) is 0 Å². The third-order valence-electron chi connectivity index (χ3n) is 5.38. The van der Waals surface area contributed by atoms with Crippen LogP contribution in [-0.4, -0.2) is 44.7 Å². The monoisotopic (exact) mass is 631 g/mol. The lowest BCUT2D eigenvalue weighted by molar-refractivity contribution is -0.118. The van der Waals surface area contributed by atoms with Crippen molar-refractivity contribution >= 4 is 66.5 Å². The highest BCUT2D eigenvalue weighted by molar-refractivity contribution is 9.10. The highest BCUT2D eigenvalue weighted by atomic mass is 79.9. The van der Waals surface area contributed by atoms with Crippen LogP contribution < -0.4 is 19.5 Å². The zero-order chi connectivity index (χ0) is 28.2. The van der Waals surface area contributed by atoms with Gasteiger partial charge in [-0.25, -0.2) is 13.1 Å². The Balaban J connectivity index is 1.36. The van der Waals surface area contributed by atoms with Gasteiger partial charge in [-0.2, -0.15) is 4.99 Å². The number of hydrogen-bond acceptors (Lipinski definition) is 9. The summed E-state index contributed by atoms with van der Waals surface area (Å²) in [6, 6.07) is 15.6. The van der Waals surface area contributed by atoms with Crippen LogP contribution >= 0.6 is 27.7 Å². The number of rotatable bonds is 8. The van der Waals surface area contributed by atoms with E-state index in [1.807, 2.05) is 0 Å². The SMILES string of the molecule is COc1ccc(S(=O)(=O)NC(=O)Cc2ccc(NC3=NC(=O)C(=Cc4cc(Br)cc(OC)c4O)S3)cc2)cc1. The first kappa shape index (κ1) is 28.2. The summed E-state index contributed by atoms with van der Waals surface area (Å²) in [5.74, 6) is -0.489. The van der Waals surface area contributed by atoms with E-state index in [9.17, 15) is 23.1 Å². The molecule has 10 nitrogen and oxygen atoms in total. The van der Waals surface area contributed by atoms with Gasteiger partial charge in [0.05, 0.1) is 30.4 Å². The maximum Gasteiger partial charge on any atom is 0.286 e. The average Bonchev–Trinajstić information content (AvgIpc) is 3.24. The lowest BCUT2D eigenvalue weighted by Gasteiger charge is -2.09. The molecule has 0 unspecified atom stereocenters. The largest absolute Gasteiger partial charge is 0.504 e. The molecular formula is C26H22BrN3O7S2. The van der Waals surface area contributed by atoms with Gasteiger partial charge in [-0.05, 0) is 71.9 Å². The van der Waals surface area contributed by atoms with Gasteiger partial charge in [0, 0.05) is 15.7 Å². The van der Waals surface area contributed by atoms with Crippen molar-refractivity contribution in [3.8, 4) is 17.2 Å². The zero-order valence-corrected chi connectivity index (χ0v) is 23.8. The van der Waals surface area contributed by atoms with Crippen molar-refractivity contribution < 1.29 is 32.6 Å². The van der Waals surface area contributed by atoms with Gasteiger partial charge in [0.2, 0.25) is 5.91 Å². The molecule has 2 amide bonds. The number of aliphatic imine (C=N–C) groups is 1. The number of thioether (sulfide) groups is 1. The van der Waals surface area contributed by atoms with E-state index in [-0.39, 0.29) is 22.8 Å². The summed E-state index contributed by atoms with van der Waals surface area (Å²) in [5, 5.41) is 13.7. The second-order valence-corrected chi connectivity index (χ2v) is 11.7. The molecule has 3 aromatic carbocycles. The number of halogens is 1. The summed E-state index contributed by atoms with van der Waals surface area (Å²) in [5.41, 5.74) is 1.59. The average molecular weight is 633 g/mol. The molecule has 1 aliphatic heterocycles. The molecule has 0 aromatic heterocycles. The fourth-order valence-electron chi connectivity index (χ4n) is 3.48. The molecule has 0 radical (unpaired) electrons. The number of ether oxygens (including phenoxy) is 2. The number of sulfonamides is 1. The van der Waals surface area contributed by atoms with E-state index in [1.54, 1.807) is 36.4 Å². The van der Waals surface area contributed by atoms with Gasteiger partial charge in [-0.3, -0.25) is 9.59 Å². The molecule has 13 heteroatoms. The maximum absolute atomic E-state index is 12.5. The molecule has 0 atom stereocenters. The summed E-state index contributed by atoms with van der Waals surface area (Å²) in [6.45, 7) is 0. The van der Waals surface area contributed by atoms with Crippen LogP contribution in [0.2, 0.25) is 0 Å². The lowest BCUT2D eigenvalue weighted by atomic mass is 10.1. The lowest BCUT2D eigenvalue weighted by Crippen LogP contribution is -2.31. The predicted octanol–water partition coefficient (Wildman–Crippen LogP) is 4.30. The van der Waals surface area contributed by atoms with E-state index >= 15 is 0 Å². The molecule has 3 N–H and O–H groups in total. The quantitative estimate of drug-likeness (QED) is 0.310. The Labute approximate surface area is 237 Å². The number of anilines is 1. The first-order chi connectivity index (χ1) is 18.6. The van der Waals surface area contributed by atoms with Crippen molar-refractivity contribution in [1.29, 1.82) is 0 Å². The van der Waals surface area contributed by atoms with Crippen molar-refractivity contribution in [2.45, 2.75) is 11.3 Å². The molecule has 0 bridgehead atoms. The van der Waals surface area contributed by atoms with Crippen LogP contribution in [0.25, 0.3) is 6.08 Å². The van der Waals surface area contributed by atoms with Crippen molar-refractivity contribution in [3.63, 3.8) is 0 Å². The number of phenols is 1. The Bertz CT molecular complexity index is 1590. The Morgan fingerprint density at radius 2 is 1.77 bits per heavy atom. The van der Waals surface area contributed by atoms with Crippen LogP contribution in [0.5, 0.6) is 17.2 Å². The third-order valence-corrected chi connectivity index (χ3v) is 8.13. The van der Waals surface area contributed by atoms with E-state index < -0.39 is 21.8 Å². The van der Waals surface area contributed by atoms with Gasteiger partial charge in [0.15, 0.2) is 16.7 Å². The van der Waals surface area contributed by atoms with Crippen LogP contribution in [-0.2, 0) is 26.0 Å². The first-order valence-electron chi connectivity index (χ1n) is 11.2. The van der Waals surface area contributed by atoms with Gasteiger partial charge < -0.3 is 19.9 Å². The van der Waals surface area contributed by atoms with Gasteiger partial charge in [0.25, 0.3) is 15.9 Å². The summed E-state index contributed by atoms with van der Waals surface area (Å²) >= 11 is 4.45. The third kappa shape index (κ3) is 6.99. The minimum absolute atomic E-state index is 0.0525. The number of benzene rings is 3. The number of amides is 2. The van der Waals surface area contributed by atoms with Crippen molar-refractivity contribution in [3.05, 3.63) is 81.2 Å². The van der Waals surface area contributed by atoms with Crippen molar-refractivity contribution in [1.82, 2.24) is 4.72 Å². The summed E-state index contributed by atoms with van der Waals surface area (Å²) in [7, 11) is -1.12. The van der Waals surface area contributed by atoms with E-state index in [0.717, 1.165) is 11.8 Å². The van der Waals surface area contributed by atoms with Gasteiger partial charge >= 0.3 is 0 Å². The number of phenolic OH excluding ortho intramolecular Hbond substituents is 1. The molecule has 1 aliphatic rings. The number of amidine groups is 1. The highest BCUT2D eigenvalue weighted by Crippen LogP contribution is 2.37. The van der Waals surface area contributed by atoms with Crippen LogP contribution in [0.3, 0.4) is 0 Å². The second-order valence-electron chi connectivity index (χ2n) is 8.08. The van der Waals surface area contributed by atoms with E-state index in [1.165, 1.54) is 44.6 Å². The number of nitrogens with zero attached hydrogens (tertiary/aromatic N) is 1. The molecule has 202 valence electrons. The maximum atomic E-state index is 12.5. The molecule has 0 saturated heterocycles. The predicted molar refractivity (Wildman–Crippen MR) is 152 cm³/mol. The molecular weight excluding hydrogens is 610 g/mol. The standard InChI is InChI=1S/C26H22BrN3O7S2/c1-36-19-7-9-20(10-8-19)39(34,35)30-23(31)11-15-3-5-18(6-4-15)28-26-29-25(33)22(38-26)13-16-12-17(27)14-21(37-2)24(16)32/h3-10,12-14,32H,11H2,1-2H3,(H,30,31)(H,28,29,33). The molecule has 39 heavy (non-hydrogen) atoms. The molecule has 3 aromatic rings. The summed E-state index contributed by atoms with van der Waals surface area (Å²) in [6.07, 6.45) is 1.37. The summed E-state index contributed by atoms with van der Waals surface area (Å²) in [4.78, 5) is 29.0. The number of hydrogen-bond donors (Lipinski definition) is 3. The highest BCUT2D eigenvalue weighted by Gasteiger charge is 2.23. The first-order valence-corrected chi connectivity index (χ1v) is 14.3. The second kappa shape index (κ2) is 11.9. The van der Waals surface area contributed by atoms with Crippen molar-refractivity contribution in [2.75, 3.05) is 19.5 Å². The Kier molecular flexibility index (Phi) is 8.63. The number of nitrogens with one attached hydrogen (secondary N) is 2. The van der Waals surface area contributed by atoms with Crippen LogP contribution in [0.1, 0.15) is 11.1 Å². The minimum Gasteiger partial charge on any atom is -0.504 e. The Morgan fingerprint density at radius 1 is 1.08 bits per heavy atom. The normalized spacial score (nSPS) is 14.2. The molecule has 0 saturated carbocycles. The van der Waals surface area contributed by atoms with E-state index in [0.29, 0.717) is 37.1 Å². The number of carbonyl (C=O) groups excluding carboxylic acids is 2. The Hall–Kier alpha value is -3.81. The molecule has 0 aliphatic carbocycles. The van der Waals surface area contributed by atoms with Crippen LogP contribution in [0, 0.1) is 0 Å². The fraction of sp³-hybridized carbons (Fsp3) is 0.115. The van der Waals surface area contributed by atoms with Crippen LogP contribution in [0.15, 0.2) is 79.9 Å². The van der Waals surface area contributed by atoms with Crippen molar-refractivity contribution in [2.24, 2.45) is 4.99 Å². The Morgan fingerprint density at radius 3 is 2.41 bits per heavy atom. The zero-order valence-electron chi connectivity index (χ0n) is 20.6. The van der Waals surface area contributed by atoms with E-state index in [4.69, 9.17) is 9.47 Å². The summed E-state index contributed by atoms with van der Waals surface area (Å²) < 4.78 is 37.8. The molecule has 4 rings (SSSR count). The van der Waals surface area contributed by atoms with Gasteiger partial charge in [-0.1, -0.05) is 28.1 Å². The molecule has 0 spiro atoms. The smallest absolute Gasteiger partial charge is 0.286 e. The number of aromatic hydroxyl groups is 1. The molecule has 1 heterocycles. The number of carbonyl (C=O) groups is 2. The fourth-order valence-corrected chi connectivity index (χ4v) is 5.74. The minimum atomic E-state index is -4.02.